The molecule has 25 heavy (non-hydrogen) atoms. The van der Waals surface area contributed by atoms with E-state index in [1.165, 1.54) is 48.5 Å². The van der Waals surface area contributed by atoms with E-state index < -0.39 is 11.8 Å². The molecule has 0 aliphatic heterocycles. The lowest BCUT2D eigenvalue weighted by Gasteiger charge is -2.22. The summed E-state index contributed by atoms with van der Waals surface area (Å²) in [5.41, 5.74) is 5.84. The minimum atomic E-state index is -0.648. The van der Waals surface area contributed by atoms with E-state index in [-0.39, 0.29) is 21.4 Å². The van der Waals surface area contributed by atoms with Crippen LogP contribution in [0.4, 0.5) is 0 Å². The van der Waals surface area contributed by atoms with Gasteiger partial charge < -0.3 is 11.1 Å². The zero-order valence-corrected chi connectivity index (χ0v) is 15.7. The van der Waals surface area contributed by atoms with Crippen molar-refractivity contribution in [3.8, 4) is 0 Å². The highest BCUT2D eigenvalue weighted by Crippen LogP contribution is 2.16. The van der Waals surface area contributed by atoms with Gasteiger partial charge in [-0.15, -0.1) is 0 Å². The molecular weight excluding hydrogens is 401 g/mol. The summed E-state index contributed by atoms with van der Waals surface area (Å²) in [6.45, 7) is 0. The summed E-state index contributed by atoms with van der Waals surface area (Å²) < 4.78 is 0. The number of halogens is 2. The standard InChI is InChI=1S/C16H11Cl2N3O2S2/c17-11-5-1-9(2-6-11)13(22)21(16(25)20-15(19)24)14(23)10-3-7-12(18)8-4-10/h1-8H,(H3,19,20,24,25). The molecule has 0 spiro atoms. The lowest BCUT2D eigenvalue weighted by atomic mass is 10.1. The molecule has 2 aromatic carbocycles. The number of rotatable bonds is 2. The number of thiocarbonyl (C=S) groups is 2. The average molecular weight is 412 g/mol. The van der Waals surface area contributed by atoms with Gasteiger partial charge in [0, 0.05) is 21.2 Å². The highest BCUT2D eigenvalue weighted by molar-refractivity contribution is 7.81. The first-order valence-corrected chi connectivity index (χ1v) is 8.37. The van der Waals surface area contributed by atoms with Crippen LogP contribution in [0.1, 0.15) is 20.7 Å². The molecule has 128 valence electrons. The largest absolute Gasteiger partial charge is 0.376 e. The van der Waals surface area contributed by atoms with Crippen LogP contribution in [0.5, 0.6) is 0 Å². The Kier molecular flexibility index (Phi) is 6.44. The molecule has 0 atom stereocenters. The van der Waals surface area contributed by atoms with Gasteiger partial charge in [-0.1, -0.05) is 23.2 Å². The van der Waals surface area contributed by atoms with Crippen molar-refractivity contribution in [2.75, 3.05) is 0 Å². The van der Waals surface area contributed by atoms with Gasteiger partial charge in [0.05, 0.1) is 0 Å². The third kappa shape index (κ3) is 4.96. The average Bonchev–Trinajstić information content (AvgIpc) is 2.55. The SMILES string of the molecule is NC(=S)NC(=S)N(C(=O)c1ccc(Cl)cc1)C(=O)c1ccc(Cl)cc1. The van der Waals surface area contributed by atoms with E-state index in [0.717, 1.165) is 4.90 Å². The van der Waals surface area contributed by atoms with Crippen molar-refractivity contribution in [2.24, 2.45) is 5.73 Å². The maximum atomic E-state index is 12.8. The molecule has 0 aliphatic carbocycles. The molecule has 9 heteroatoms. The maximum Gasteiger partial charge on any atom is 0.267 e. The van der Waals surface area contributed by atoms with E-state index in [1.54, 1.807) is 0 Å². The number of benzene rings is 2. The molecule has 0 fully saturated rings. The highest BCUT2D eigenvalue weighted by atomic mass is 35.5. The number of carbonyl (C=O) groups is 2. The second-order valence-electron chi connectivity index (χ2n) is 4.75. The molecule has 0 bridgehead atoms. The van der Waals surface area contributed by atoms with Gasteiger partial charge in [-0.2, -0.15) is 0 Å². The van der Waals surface area contributed by atoms with E-state index in [2.05, 4.69) is 5.32 Å². The molecule has 2 rings (SSSR count). The number of carbonyl (C=O) groups excluding carboxylic acids is 2. The summed E-state index contributed by atoms with van der Waals surface area (Å²) in [5.74, 6) is -1.30. The van der Waals surface area contributed by atoms with Gasteiger partial charge >= 0.3 is 0 Å². The zero-order chi connectivity index (χ0) is 18.6. The van der Waals surface area contributed by atoms with Crippen molar-refractivity contribution in [3.63, 3.8) is 0 Å². The Labute approximate surface area is 164 Å². The fraction of sp³-hybridized carbons (Fsp3) is 0. The van der Waals surface area contributed by atoms with Crippen molar-refractivity contribution in [1.29, 1.82) is 0 Å². The van der Waals surface area contributed by atoms with Crippen LogP contribution in [0.25, 0.3) is 0 Å². The smallest absolute Gasteiger partial charge is 0.267 e. The Hall–Kier alpha value is -2.06. The summed E-state index contributed by atoms with van der Waals surface area (Å²) in [6, 6.07) is 12.1. The van der Waals surface area contributed by atoms with Gasteiger partial charge in [-0.25, -0.2) is 4.90 Å². The predicted octanol–water partition coefficient (Wildman–Crippen LogP) is 3.39. The topological polar surface area (TPSA) is 75.4 Å². The molecule has 0 heterocycles. The van der Waals surface area contributed by atoms with Gasteiger partial charge in [0.15, 0.2) is 10.2 Å². The van der Waals surface area contributed by atoms with Crippen molar-refractivity contribution in [1.82, 2.24) is 10.2 Å². The normalized spacial score (nSPS) is 10.0. The summed E-state index contributed by atoms with van der Waals surface area (Å²) >= 11 is 21.5. The second-order valence-corrected chi connectivity index (χ2v) is 6.45. The minimum Gasteiger partial charge on any atom is -0.376 e. The van der Waals surface area contributed by atoms with Crippen molar-refractivity contribution < 1.29 is 9.59 Å². The molecular formula is C16H11Cl2N3O2S2. The number of imide groups is 1. The molecule has 3 N–H and O–H groups in total. The Bertz CT molecular complexity index is 782. The maximum absolute atomic E-state index is 12.8. The Balaban J connectivity index is 2.41. The highest BCUT2D eigenvalue weighted by Gasteiger charge is 2.28. The first-order valence-electron chi connectivity index (χ1n) is 6.80. The quantitative estimate of drug-likeness (QED) is 0.582. The van der Waals surface area contributed by atoms with Crippen molar-refractivity contribution >= 4 is 69.7 Å². The number of nitrogens with zero attached hydrogens (tertiary/aromatic N) is 1. The monoisotopic (exact) mass is 411 g/mol. The van der Waals surface area contributed by atoms with Crippen LogP contribution in [0.3, 0.4) is 0 Å². The fourth-order valence-electron chi connectivity index (χ4n) is 1.88. The summed E-state index contributed by atoms with van der Waals surface area (Å²) in [6.07, 6.45) is 0. The van der Waals surface area contributed by atoms with Gasteiger partial charge in [-0.3, -0.25) is 9.59 Å². The summed E-state index contributed by atoms with van der Waals surface area (Å²) in [5, 5.41) is 2.96. The first-order chi connectivity index (χ1) is 11.8. The molecule has 0 aromatic heterocycles. The molecule has 0 unspecified atom stereocenters. The lowest BCUT2D eigenvalue weighted by Crippen LogP contribution is -2.50. The number of nitrogens with two attached hydrogens (primary N) is 1. The third-order valence-electron chi connectivity index (χ3n) is 3.02. The van der Waals surface area contributed by atoms with E-state index in [1.807, 2.05) is 0 Å². The van der Waals surface area contributed by atoms with Gasteiger partial charge in [0.1, 0.15) is 0 Å². The number of nitrogens with one attached hydrogen (secondary N) is 1. The molecule has 2 amide bonds. The summed E-state index contributed by atoms with van der Waals surface area (Å²) in [4.78, 5) is 26.3. The van der Waals surface area contributed by atoms with E-state index in [4.69, 9.17) is 53.4 Å². The van der Waals surface area contributed by atoms with Crippen LogP contribution in [-0.2, 0) is 0 Å². The molecule has 2 aromatic rings. The number of hydrogen-bond donors (Lipinski definition) is 2. The minimum absolute atomic E-state index is 0.164. The van der Waals surface area contributed by atoms with Gasteiger partial charge in [0.2, 0.25) is 0 Å². The Morgan fingerprint density at radius 2 is 1.20 bits per heavy atom. The molecule has 0 saturated carbocycles. The predicted molar refractivity (Wildman–Crippen MR) is 106 cm³/mol. The van der Waals surface area contributed by atoms with Gasteiger partial charge in [0.25, 0.3) is 11.8 Å². The van der Waals surface area contributed by atoms with E-state index in [0.29, 0.717) is 10.0 Å². The van der Waals surface area contributed by atoms with Crippen LogP contribution in [0, 0.1) is 0 Å². The fourth-order valence-corrected chi connectivity index (χ4v) is 2.57. The van der Waals surface area contributed by atoms with E-state index >= 15 is 0 Å². The Morgan fingerprint density at radius 3 is 1.52 bits per heavy atom. The van der Waals surface area contributed by atoms with Crippen molar-refractivity contribution in [3.05, 3.63) is 69.7 Å². The first kappa shape index (κ1) is 19.3. The molecule has 0 aliphatic rings. The van der Waals surface area contributed by atoms with E-state index in [9.17, 15) is 9.59 Å². The lowest BCUT2D eigenvalue weighted by molar-refractivity contribution is 0.0714. The van der Waals surface area contributed by atoms with Gasteiger partial charge in [-0.05, 0) is 73.0 Å². The van der Waals surface area contributed by atoms with Crippen LogP contribution >= 0.6 is 47.6 Å². The molecule has 0 radical (unpaired) electrons. The van der Waals surface area contributed by atoms with Crippen LogP contribution in [-0.4, -0.2) is 26.9 Å². The third-order valence-corrected chi connectivity index (χ3v) is 3.91. The van der Waals surface area contributed by atoms with Crippen LogP contribution in [0.2, 0.25) is 10.0 Å². The van der Waals surface area contributed by atoms with Crippen LogP contribution < -0.4 is 11.1 Å². The molecule has 0 saturated heterocycles. The van der Waals surface area contributed by atoms with Crippen LogP contribution in [0.15, 0.2) is 48.5 Å². The number of amides is 2. The number of hydrogen-bond acceptors (Lipinski definition) is 4. The van der Waals surface area contributed by atoms with Crippen molar-refractivity contribution in [2.45, 2.75) is 0 Å². The second kappa shape index (κ2) is 8.35. The Morgan fingerprint density at radius 1 is 0.840 bits per heavy atom. The zero-order valence-electron chi connectivity index (χ0n) is 12.5. The summed E-state index contributed by atoms with van der Waals surface area (Å²) in [7, 11) is 0. The molecule has 5 nitrogen and oxygen atoms in total.